The summed E-state index contributed by atoms with van der Waals surface area (Å²) in [6.45, 7) is 4.89. The highest BCUT2D eigenvalue weighted by molar-refractivity contribution is 7.16. The number of nitrogens with zero attached hydrogens (tertiary/aromatic N) is 9. The maximum atomic E-state index is 10.1. The minimum atomic E-state index is -0.397. The molecule has 2 saturated heterocycles. The second kappa shape index (κ2) is 11.3. The maximum absolute atomic E-state index is 10.1. The molecule has 2 aliphatic carbocycles. The van der Waals surface area contributed by atoms with E-state index >= 15 is 0 Å². The van der Waals surface area contributed by atoms with Crippen LogP contribution in [0.5, 0.6) is 0 Å². The van der Waals surface area contributed by atoms with Gasteiger partial charge in [-0.2, -0.15) is 10.4 Å². The zero-order chi connectivity index (χ0) is 31.6. The van der Waals surface area contributed by atoms with Gasteiger partial charge in [0.25, 0.3) is 0 Å². The number of nitrogens with two attached hydrogens (primary N) is 1. The molecule has 46 heavy (non-hydrogen) atoms. The lowest BCUT2D eigenvalue weighted by Crippen LogP contribution is -2.35. The van der Waals surface area contributed by atoms with Crippen LogP contribution in [0.3, 0.4) is 0 Å². The van der Waals surface area contributed by atoms with E-state index in [4.69, 9.17) is 35.3 Å². The Bertz CT molecular complexity index is 1870. The normalized spacial score (nSPS) is 23.8. The van der Waals surface area contributed by atoms with Crippen molar-refractivity contribution in [2.24, 2.45) is 5.16 Å². The molecule has 4 aliphatic rings. The summed E-state index contributed by atoms with van der Waals surface area (Å²) in [5, 5.41) is 25.6. The van der Waals surface area contributed by atoms with Gasteiger partial charge < -0.3 is 24.9 Å². The molecule has 3 unspecified atom stereocenters. The predicted molar refractivity (Wildman–Crippen MR) is 177 cm³/mol. The summed E-state index contributed by atoms with van der Waals surface area (Å²) in [6.07, 6.45) is 11.4. The molecule has 2 aliphatic heterocycles. The van der Waals surface area contributed by atoms with Crippen LogP contribution in [-0.4, -0.2) is 75.4 Å². The van der Waals surface area contributed by atoms with Gasteiger partial charge in [-0.1, -0.05) is 10.3 Å². The second-order valence-electron chi connectivity index (χ2n) is 13.3. The monoisotopic (exact) mass is 640 g/mol. The Hall–Kier alpha value is -4.02. The standard InChI is InChI=1S/C33H40N10O2S/c1-19(24-8-6-14-41(24)2)43-32-23(18-36-43)31(42-15-10-20(11-16-42)39-44-3)37-30(38-32)27-21-7-4-12-33(28(21)45-40-27)13-5-9-25-26(33)22(17-34)29(35)46-25/h18-19,24H,4-16,35H2,1-3H3. The first-order valence-corrected chi connectivity index (χ1v) is 17.4. The molecule has 2 N–H and O–H groups in total. The van der Waals surface area contributed by atoms with Crippen LogP contribution in [0.2, 0.25) is 0 Å². The molecular weight excluding hydrogens is 600 g/mol. The lowest BCUT2D eigenvalue weighted by molar-refractivity contribution is 0.211. The van der Waals surface area contributed by atoms with Crippen LogP contribution < -0.4 is 10.6 Å². The van der Waals surface area contributed by atoms with Crippen molar-refractivity contribution < 1.29 is 9.36 Å². The molecule has 8 rings (SSSR count). The van der Waals surface area contributed by atoms with E-state index < -0.39 is 5.41 Å². The molecule has 240 valence electrons. The van der Waals surface area contributed by atoms with Crippen molar-refractivity contribution in [3.8, 4) is 17.6 Å². The molecule has 12 nitrogen and oxygen atoms in total. The maximum Gasteiger partial charge on any atom is 0.186 e. The lowest BCUT2D eigenvalue weighted by atomic mass is 9.63. The van der Waals surface area contributed by atoms with Gasteiger partial charge in [0.2, 0.25) is 0 Å². The Kier molecular flexibility index (Phi) is 7.25. The van der Waals surface area contributed by atoms with Crippen LogP contribution in [0.25, 0.3) is 22.6 Å². The molecule has 13 heteroatoms. The number of aromatic nitrogens is 5. The van der Waals surface area contributed by atoms with Crippen LogP contribution >= 0.6 is 11.3 Å². The van der Waals surface area contributed by atoms with Crippen molar-refractivity contribution in [2.45, 2.75) is 88.6 Å². The van der Waals surface area contributed by atoms with Crippen LogP contribution in [0, 0.1) is 11.3 Å². The Morgan fingerprint density at radius 2 is 1.96 bits per heavy atom. The fraction of sp³-hybridized carbons (Fsp3) is 0.576. The summed E-state index contributed by atoms with van der Waals surface area (Å²) in [7, 11) is 3.80. The van der Waals surface area contributed by atoms with Crippen LogP contribution in [0.15, 0.2) is 15.9 Å². The summed E-state index contributed by atoms with van der Waals surface area (Å²) < 4.78 is 8.44. The molecule has 4 aromatic heterocycles. The summed E-state index contributed by atoms with van der Waals surface area (Å²) in [6, 6.07) is 2.96. The smallest absolute Gasteiger partial charge is 0.186 e. The molecular formula is C33H40N10O2S. The predicted octanol–water partition coefficient (Wildman–Crippen LogP) is 5.21. The largest absolute Gasteiger partial charge is 0.399 e. The van der Waals surface area contributed by atoms with Crippen LogP contribution in [0.1, 0.15) is 91.7 Å². The van der Waals surface area contributed by atoms with Crippen molar-refractivity contribution in [1.29, 1.82) is 5.26 Å². The molecule has 0 amide bonds. The first-order chi connectivity index (χ1) is 22.4. The minimum Gasteiger partial charge on any atom is -0.399 e. The van der Waals surface area contributed by atoms with Gasteiger partial charge in [-0.15, -0.1) is 11.3 Å². The number of rotatable bonds is 5. The zero-order valence-corrected chi connectivity index (χ0v) is 27.6. The summed E-state index contributed by atoms with van der Waals surface area (Å²) in [5.74, 6) is 2.30. The highest BCUT2D eigenvalue weighted by Gasteiger charge is 2.49. The third kappa shape index (κ3) is 4.44. The third-order valence-electron chi connectivity index (χ3n) is 10.9. The van der Waals surface area contributed by atoms with E-state index in [0.717, 1.165) is 117 Å². The molecule has 0 aromatic carbocycles. The fourth-order valence-electron chi connectivity index (χ4n) is 8.68. The Balaban J connectivity index is 1.27. The Morgan fingerprint density at radius 1 is 1.15 bits per heavy atom. The molecule has 2 fully saturated rings. The second-order valence-corrected chi connectivity index (χ2v) is 14.5. The number of nitrogen functional groups attached to an aromatic ring is 1. The van der Waals surface area contributed by atoms with Gasteiger partial charge in [0.05, 0.1) is 34.3 Å². The summed E-state index contributed by atoms with van der Waals surface area (Å²) in [5.41, 5.74) is 11.3. The molecule has 0 saturated carbocycles. The number of anilines is 2. The van der Waals surface area contributed by atoms with E-state index in [1.807, 2.05) is 6.20 Å². The molecule has 0 radical (unpaired) electrons. The molecule has 4 aromatic rings. The van der Waals surface area contributed by atoms with E-state index in [1.54, 1.807) is 18.4 Å². The number of likely N-dealkylation sites (N-methyl/N-ethyl adjacent to an activating group) is 1. The Labute approximate surface area is 272 Å². The Morgan fingerprint density at radius 3 is 2.70 bits per heavy atom. The van der Waals surface area contributed by atoms with E-state index in [2.05, 4.69) is 39.7 Å². The van der Waals surface area contributed by atoms with Gasteiger partial charge in [-0.25, -0.2) is 14.6 Å². The van der Waals surface area contributed by atoms with E-state index in [9.17, 15) is 5.26 Å². The number of hydrogen-bond acceptors (Lipinski definition) is 12. The number of fused-ring (bicyclic) bond motifs is 5. The summed E-state index contributed by atoms with van der Waals surface area (Å²) >= 11 is 1.56. The third-order valence-corrected chi connectivity index (χ3v) is 12.0. The average Bonchev–Trinajstić information content (AvgIpc) is 3.86. The van der Waals surface area contributed by atoms with Gasteiger partial charge in [0.1, 0.15) is 24.0 Å². The fourth-order valence-corrected chi connectivity index (χ4v) is 9.84. The van der Waals surface area contributed by atoms with Crippen molar-refractivity contribution in [3.63, 3.8) is 0 Å². The van der Waals surface area contributed by atoms with Crippen molar-refractivity contribution in [2.75, 3.05) is 44.4 Å². The first-order valence-electron chi connectivity index (χ1n) is 16.5. The molecule has 1 spiro atoms. The van der Waals surface area contributed by atoms with Crippen molar-refractivity contribution in [3.05, 3.63) is 33.5 Å². The van der Waals surface area contributed by atoms with Gasteiger partial charge >= 0.3 is 0 Å². The number of hydrogen-bond donors (Lipinski definition) is 1. The van der Waals surface area contributed by atoms with E-state index in [0.29, 0.717) is 28.1 Å². The summed E-state index contributed by atoms with van der Waals surface area (Å²) in [4.78, 5) is 21.5. The topological polar surface area (TPSA) is 148 Å². The SMILES string of the molecule is CON=C1CCN(c2nc(-c3noc4c3CCCC43CCCc4sc(N)c(C#N)c43)nc3c2cnn3C(C)C2CCCN2C)CC1. The van der Waals surface area contributed by atoms with Gasteiger partial charge in [0, 0.05) is 42.4 Å². The number of thiophene rings is 1. The highest BCUT2D eigenvalue weighted by atomic mass is 32.1. The van der Waals surface area contributed by atoms with Crippen LogP contribution in [0.4, 0.5) is 10.8 Å². The van der Waals surface area contributed by atoms with Crippen molar-refractivity contribution in [1.82, 2.24) is 29.8 Å². The quantitative estimate of drug-likeness (QED) is 0.288. The van der Waals surface area contributed by atoms with E-state index in [-0.39, 0.29) is 6.04 Å². The highest BCUT2D eigenvalue weighted by Crippen LogP contribution is 2.55. The minimum absolute atomic E-state index is 0.144. The lowest BCUT2D eigenvalue weighted by Gasteiger charge is -2.39. The number of likely N-dealkylation sites (tertiary alicyclic amines) is 1. The van der Waals surface area contributed by atoms with Crippen molar-refractivity contribution >= 4 is 38.9 Å². The average molecular weight is 641 g/mol. The van der Waals surface area contributed by atoms with Crippen LogP contribution in [-0.2, 0) is 23.1 Å². The first kappa shape index (κ1) is 29.4. The van der Waals surface area contributed by atoms with Gasteiger partial charge in [-0.3, -0.25) is 0 Å². The van der Waals surface area contributed by atoms with E-state index in [1.165, 1.54) is 11.3 Å². The number of oxime groups is 1. The molecule has 0 bridgehead atoms. The number of aryl methyl sites for hydroxylation is 1. The molecule has 3 atom stereocenters. The van der Waals surface area contributed by atoms with Gasteiger partial charge in [-0.05, 0) is 77.4 Å². The number of nitriles is 1. The molecule has 6 heterocycles. The van der Waals surface area contributed by atoms with Gasteiger partial charge in [0.15, 0.2) is 22.9 Å². The number of piperidine rings is 1. The zero-order valence-electron chi connectivity index (χ0n) is 26.8.